The second-order valence-electron chi connectivity index (χ2n) is 4.78. The van der Waals surface area contributed by atoms with E-state index in [1.54, 1.807) is 7.11 Å². The summed E-state index contributed by atoms with van der Waals surface area (Å²) in [4.78, 5) is 0. The van der Waals surface area contributed by atoms with Crippen LogP contribution in [0.1, 0.15) is 20.3 Å². The van der Waals surface area contributed by atoms with Gasteiger partial charge in [0.25, 0.3) is 0 Å². The van der Waals surface area contributed by atoms with Crippen molar-refractivity contribution in [2.75, 3.05) is 25.5 Å². The zero-order chi connectivity index (χ0) is 12.0. The predicted molar refractivity (Wildman–Crippen MR) is 68.9 cm³/mol. The lowest BCUT2D eigenvalue weighted by Crippen LogP contribution is -2.26. The molecule has 0 spiro atoms. The van der Waals surface area contributed by atoms with Crippen LogP contribution in [0.25, 0.3) is 0 Å². The number of rotatable bonds is 6. The number of anilines is 1. The van der Waals surface area contributed by atoms with Gasteiger partial charge in [-0.3, -0.25) is 0 Å². The van der Waals surface area contributed by atoms with Crippen LogP contribution in [0, 0.1) is 5.41 Å². The summed E-state index contributed by atoms with van der Waals surface area (Å²) in [5, 5.41) is 3.37. The molecule has 1 aromatic carbocycles. The van der Waals surface area contributed by atoms with Gasteiger partial charge in [-0.2, -0.15) is 0 Å². The highest BCUT2D eigenvalue weighted by Gasteiger charge is 2.14. The van der Waals surface area contributed by atoms with Crippen LogP contribution in [0.3, 0.4) is 0 Å². The van der Waals surface area contributed by atoms with Crippen LogP contribution in [-0.2, 0) is 0 Å². The van der Waals surface area contributed by atoms with Crippen LogP contribution in [0.15, 0.2) is 24.3 Å². The van der Waals surface area contributed by atoms with Crippen molar-refractivity contribution in [3.8, 4) is 5.75 Å². The maximum absolute atomic E-state index is 5.68. The number of hydrogen-bond donors (Lipinski definition) is 2. The summed E-state index contributed by atoms with van der Waals surface area (Å²) in [7, 11) is 1.68. The van der Waals surface area contributed by atoms with Crippen LogP contribution in [0.2, 0.25) is 0 Å². The number of methoxy groups -OCH3 is 1. The van der Waals surface area contributed by atoms with Gasteiger partial charge in [0.1, 0.15) is 5.75 Å². The van der Waals surface area contributed by atoms with Gasteiger partial charge in [-0.05, 0) is 30.5 Å². The first-order valence-corrected chi connectivity index (χ1v) is 5.65. The number of hydrogen-bond acceptors (Lipinski definition) is 3. The van der Waals surface area contributed by atoms with E-state index >= 15 is 0 Å². The second-order valence-corrected chi connectivity index (χ2v) is 4.78. The van der Waals surface area contributed by atoms with E-state index in [-0.39, 0.29) is 5.41 Å². The topological polar surface area (TPSA) is 47.3 Å². The molecule has 0 fully saturated rings. The zero-order valence-electron chi connectivity index (χ0n) is 10.4. The normalized spacial score (nSPS) is 11.2. The average molecular weight is 222 g/mol. The maximum atomic E-state index is 5.68. The fourth-order valence-electron chi connectivity index (χ4n) is 1.38. The predicted octanol–water partition coefficient (Wildman–Crippen LogP) is 2.48. The van der Waals surface area contributed by atoms with Gasteiger partial charge in [0, 0.05) is 18.3 Å². The molecule has 0 saturated carbocycles. The Kier molecular flexibility index (Phi) is 4.62. The Morgan fingerprint density at radius 1 is 1.38 bits per heavy atom. The zero-order valence-corrected chi connectivity index (χ0v) is 10.4. The molecule has 1 aromatic rings. The molecule has 0 atom stereocenters. The van der Waals surface area contributed by atoms with Gasteiger partial charge >= 0.3 is 0 Å². The fraction of sp³-hybridized carbons (Fsp3) is 0.538. The Morgan fingerprint density at radius 2 is 2.12 bits per heavy atom. The molecule has 16 heavy (non-hydrogen) atoms. The summed E-state index contributed by atoms with van der Waals surface area (Å²) in [6, 6.07) is 7.96. The van der Waals surface area contributed by atoms with E-state index in [0.29, 0.717) is 6.54 Å². The molecule has 90 valence electrons. The maximum Gasteiger partial charge on any atom is 0.120 e. The van der Waals surface area contributed by atoms with Crippen molar-refractivity contribution in [3.63, 3.8) is 0 Å². The van der Waals surface area contributed by atoms with Gasteiger partial charge < -0.3 is 15.8 Å². The molecule has 0 aliphatic carbocycles. The molecule has 0 bridgehead atoms. The van der Waals surface area contributed by atoms with Crippen molar-refractivity contribution in [3.05, 3.63) is 24.3 Å². The SMILES string of the molecule is COc1cccc(NCCC(C)(C)CN)c1. The first-order chi connectivity index (χ1) is 7.57. The van der Waals surface area contributed by atoms with Gasteiger partial charge in [-0.1, -0.05) is 19.9 Å². The van der Waals surface area contributed by atoms with Crippen LogP contribution in [0.5, 0.6) is 5.75 Å². The molecule has 0 aromatic heterocycles. The smallest absolute Gasteiger partial charge is 0.120 e. The molecule has 0 unspecified atom stereocenters. The molecule has 3 heteroatoms. The summed E-state index contributed by atoms with van der Waals surface area (Å²) in [5.74, 6) is 0.878. The fourth-order valence-corrected chi connectivity index (χ4v) is 1.38. The molecule has 3 N–H and O–H groups in total. The first-order valence-electron chi connectivity index (χ1n) is 5.65. The Bertz CT molecular complexity index is 323. The highest BCUT2D eigenvalue weighted by molar-refractivity contribution is 5.48. The van der Waals surface area contributed by atoms with Gasteiger partial charge in [0.2, 0.25) is 0 Å². The van der Waals surface area contributed by atoms with Crippen molar-refractivity contribution >= 4 is 5.69 Å². The minimum atomic E-state index is 0.200. The first kappa shape index (κ1) is 12.8. The quantitative estimate of drug-likeness (QED) is 0.777. The van der Waals surface area contributed by atoms with Gasteiger partial charge in [0.15, 0.2) is 0 Å². The van der Waals surface area contributed by atoms with Crippen LogP contribution < -0.4 is 15.8 Å². The van der Waals surface area contributed by atoms with Crippen molar-refractivity contribution < 1.29 is 4.74 Å². The van der Waals surface area contributed by atoms with E-state index in [1.165, 1.54) is 0 Å². The summed E-state index contributed by atoms with van der Waals surface area (Å²) in [6.45, 7) is 6.00. The Hall–Kier alpha value is -1.22. The van der Waals surface area contributed by atoms with E-state index in [4.69, 9.17) is 10.5 Å². The summed E-state index contributed by atoms with van der Waals surface area (Å²) >= 11 is 0. The molecule has 1 rings (SSSR count). The minimum Gasteiger partial charge on any atom is -0.497 e. The van der Waals surface area contributed by atoms with Crippen molar-refractivity contribution in [2.45, 2.75) is 20.3 Å². The Labute approximate surface area is 98.0 Å². The van der Waals surface area contributed by atoms with Crippen molar-refractivity contribution in [2.24, 2.45) is 11.1 Å². The molecule has 0 radical (unpaired) electrons. The highest BCUT2D eigenvalue weighted by atomic mass is 16.5. The minimum absolute atomic E-state index is 0.200. The molecule has 0 aliphatic heterocycles. The van der Waals surface area contributed by atoms with Crippen molar-refractivity contribution in [1.29, 1.82) is 0 Å². The number of nitrogens with one attached hydrogen (secondary N) is 1. The van der Waals surface area contributed by atoms with Crippen molar-refractivity contribution in [1.82, 2.24) is 0 Å². The van der Waals surface area contributed by atoms with E-state index in [0.717, 1.165) is 24.4 Å². The molecular weight excluding hydrogens is 200 g/mol. The third kappa shape index (κ3) is 4.11. The van der Waals surface area contributed by atoms with Gasteiger partial charge in [-0.25, -0.2) is 0 Å². The standard InChI is InChI=1S/C13H22N2O/c1-13(2,10-14)7-8-15-11-5-4-6-12(9-11)16-3/h4-6,9,15H,7-8,10,14H2,1-3H3. The van der Waals surface area contributed by atoms with Crippen LogP contribution >= 0.6 is 0 Å². The molecule has 0 aliphatic rings. The monoisotopic (exact) mass is 222 g/mol. The Balaban J connectivity index is 2.42. The number of benzene rings is 1. The van der Waals surface area contributed by atoms with E-state index in [1.807, 2.05) is 24.3 Å². The lowest BCUT2D eigenvalue weighted by molar-refractivity contribution is 0.358. The average Bonchev–Trinajstić information content (AvgIpc) is 2.29. The van der Waals surface area contributed by atoms with Gasteiger partial charge in [0.05, 0.1) is 7.11 Å². The lowest BCUT2D eigenvalue weighted by Gasteiger charge is -2.22. The van der Waals surface area contributed by atoms with E-state index in [2.05, 4.69) is 19.2 Å². The summed E-state index contributed by atoms with van der Waals surface area (Å²) < 4.78 is 5.16. The Morgan fingerprint density at radius 3 is 2.75 bits per heavy atom. The number of nitrogens with two attached hydrogens (primary N) is 1. The molecule has 0 saturated heterocycles. The largest absolute Gasteiger partial charge is 0.497 e. The highest BCUT2D eigenvalue weighted by Crippen LogP contribution is 2.20. The van der Waals surface area contributed by atoms with E-state index < -0.39 is 0 Å². The summed E-state index contributed by atoms with van der Waals surface area (Å²) in [6.07, 6.45) is 1.06. The molecule has 0 heterocycles. The van der Waals surface area contributed by atoms with Gasteiger partial charge in [-0.15, -0.1) is 0 Å². The lowest BCUT2D eigenvalue weighted by atomic mass is 9.90. The molecular formula is C13H22N2O. The van der Waals surface area contributed by atoms with E-state index in [9.17, 15) is 0 Å². The molecule has 3 nitrogen and oxygen atoms in total. The summed E-state index contributed by atoms with van der Waals surface area (Å²) in [5.41, 5.74) is 6.97. The number of ether oxygens (including phenoxy) is 1. The van der Waals surface area contributed by atoms with Crippen LogP contribution in [-0.4, -0.2) is 20.2 Å². The molecule has 0 amide bonds. The van der Waals surface area contributed by atoms with Crippen LogP contribution in [0.4, 0.5) is 5.69 Å². The third-order valence-electron chi connectivity index (χ3n) is 2.75. The third-order valence-corrected chi connectivity index (χ3v) is 2.75. The second kappa shape index (κ2) is 5.75.